The van der Waals surface area contributed by atoms with Crippen molar-refractivity contribution in [3.8, 4) is 0 Å². The fourth-order valence-electron chi connectivity index (χ4n) is 2.80. The summed E-state index contributed by atoms with van der Waals surface area (Å²) in [4.78, 5) is 23.2. The van der Waals surface area contributed by atoms with Crippen molar-refractivity contribution in [2.45, 2.75) is 92.0 Å². The van der Waals surface area contributed by atoms with E-state index in [4.69, 9.17) is 10.5 Å². The van der Waals surface area contributed by atoms with Crippen LogP contribution in [0, 0.1) is 10.8 Å². The molecule has 0 unspecified atom stereocenters. The molecule has 6 heteroatoms. The quantitative estimate of drug-likeness (QED) is 0.552. The highest BCUT2D eigenvalue weighted by Crippen LogP contribution is 2.31. The minimum Gasteiger partial charge on any atom is -0.450 e. The van der Waals surface area contributed by atoms with Gasteiger partial charge in [-0.15, -0.1) is 0 Å². The summed E-state index contributed by atoms with van der Waals surface area (Å²) in [6.45, 7) is 17.6. The highest BCUT2D eigenvalue weighted by Gasteiger charge is 2.28. The van der Waals surface area contributed by atoms with Gasteiger partial charge in [-0.05, 0) is 18.3 Å². The molecule has 148 valence electrons. The van der Waals surface area contributed by atoms with Crippen molar-refractivity contribution in [1.82, 2.24) is 5.32 Å². The molecule has 0 aliphatic heterocycles. The molecule has 0 saturated carbocycles. The van der Waals surface area contributed by atoms with Crippen LogP contribution in [0.3, 0.4) is 0 Å². The van der Waals surface area contributed by atoms with E-state index >= 15 is 0 Å². The largest absolute Gasteiger partial charge is 0.450 e. The molecule has 1 atom stereocenters. The van der Waals surface area contributed by atoms with Crippen LogP contribution < -0.4 is 11.1 Å². The van der Waals surface area contributed by atoms with Gasteiger partial charge in [0.05, 0.1) is 6.61 Å². The van der Waals surface area contributed by atoms with E-state index in [0.29, 0.717) is 6.42 Å². The molecule has 0 aromatic carbocycles. The SMILES string of the molecule is CC(C)(CCC[Si](C)(C)C)C[C@H](CCOC(N)=O)NC(=O)C(C)(C)C. The Morgan fingerprint density at radius 3 is 2.12 bits per heavy atom. The number of hydrogen-bond acceptors (Lipinski definition) is 3. The third-order valence-electron chi connectivity index (χ3n) is 4.31. The molecule has 2 amide bonds. The topological polar surface area (TPSA) is 81.4 Å². The standard InChI is InChI=1S/C19H40N2O3Si/c1-18(2,3)16(22)21-15(10-12-24-17(20)23)14-19(4,5)11-9-13-25(6,7)8/h15H,9-14H2,1-8H3,(H2,20,23)(H,21,22)/t15-/m0/s1. The first-order valence-electron chi connectivity index (χ1n) is 9.36. The summed E-state index contributed by atoms with van der Waals surface area (Å²) in [5, 5.41) is 3.13. The van der Waals surface area contributed by atoms with Gasteiger partial charge in [0, 0.05) is 26.0 Å². The minimum absolute atomic E-state index is 0.0204. The molecule has 25 heavy (non-hydrogen) atoms. The fraction of sp³-hybridized carbons (Fsp3) is 0.895. The molecule has 0 heterocycles. The molecule has 0 saturated heterocycles. The number of carbonyl (C=O) groups excluding carboxylic acids is 2. The predicted octanol–water partition coefficient (Wildman–Crippen LogP) is 4.54. The zero-order valence-electron chi connectivity index (χ0n) is 17.6. The Labute approximate surface area is 155 Å². The summed E-state index contributed by atoms with van der Waals surface area (Å²) in [5.41, 5.74) is 4.73. The van der Waals surface area contributed by atoms with Crippen LogP contribution in [-0.4, -0.2) is 32.7 Å². The average Bonchev–Trinajstić information content (AvgIpc) is 2.34. The van der Waals surface area contributed by atoms with E-state index in [0.717, 1.165) is 12.8 Å². The lowest BCUT2D eigenvalue weighted by molar-refractivity contribution is -0.129. The number of carbonyl (C=O) groups is 2. The summed E-state index contributed by atoms with van der Waals surface area (Å²) < 4.78 is 4.87. The van der Waals surface area contributed by atoms with Crippen molar-refractivity contribution in [3.05, 3.63) is 0 Å². The molecule has 0 aliphatic carbocycles. The Bertz CT molecular complexity index is 437. The second-order valence-electron chi connectivity index (χ2n) is 10.2. The summed E-state index contributed by atoms with van der Waals surface area (Å²) in [6.07, 6.45) is 3.04. The van der Waals surface area contributed by atoms with Crippen LogP contribution in [0.2, 0.25) is 25.7 Å². The number of primary amides is 1. The Balaban J connectivity index is 4.76. The third-order valence-corrected chi connectivity index (χ3v) is 6.16. The van der Waals surface area contributed by atoms with Crippen molar-refractivity contribution < 1.29 is 14.3 Å². The van der Waals surface area contributed by atoms with Crippen molar-refractivity contribution in [1.29, 1.82) is 0 Å². The molecular weight excluding hydrogens is 332 g/mol. The monoisotopic (exact) mass is 372 g/mol. The lowest BCUT2D eigenvalue weighted by Gasteiger charge is -2.32. The Morgan fingerprint density at radius 2 is 1.68 bits per heavy atom. The van der Waals surface area contributed by atoms with E-state index in [-0.39, 0.29) is 24.0 Å². The van der Waals surface area contributed by atoms with E-state index in [2.05, 4.69) is 38.8 Å². The second kappa shape index (κ2) is 9.60. The van der Waals surface area contributed by atoms with Crippen molar-refractivity contribution in [2.75, 3.05) is 6.61 Å². The number of nitrogens with two attached hydrogens (primary N) is 1. The van der Waals surface area contributed by atoms with Crippen LogP contribution in [-0.2, 0) is 9.53 Å². The zero-order valence-corrected chi connectivity index (χ0v) is 18.6. The second-order valence-corrected chi connectivity index (χ2v) is 15.8. The molecule has 0 aliphatic rings. The lowest BCUT2D eigenvalue weighted by atomic mass is 9.80. The molecule has 5 nitrogen and oxygen atoms in total. The van der Waals surface area contributed by atoms with Gasteiger partial charge < -0.3 is 15.8 Å². The van der Waals surface area contributed by atoms with E-state index in [9.17, 15) is 9.59 Å². The molecule has 0 spiro atoms. The van der Waals surface area contributed by atoms with Crippen LogP contribution in [0.5, 0.6) is 0 Å². The van der Waals surface area contributed by atoms with Crippen molar-refractivity contribution in [3.63, 3.8) is 0 Å². The molecule has 0 fully saturated rings. The summed E-state index contributed by atoms with van der Waals surface area (Å²) >= 11 is 0. The first-order valence-corrected chi connectivity index (χ1v) is 13.1. The van der Waals surface area contributed by atoms with Gasteiger partial charge in [-0.2, -0.15) is 0 Å². The van der Waals surface area contributed by atoms with Gasteiger partial charge in [0.1, 0.15) is 0 Å². The van der Waals surface area contributed by atoms with Crippen molar-refractivity contribution >= 4 is 20.1 Å². The maximum absolute atomic E-state index is 12.4. The maximum Gasteiger partial charge on any atom is 0.404 e. The highest BCUT2D eigenvalue weighted by molar-refractivity contribution is 6.76. The third kappa shape index (κ3) is 12.9. The van der Waals surface area contributed by atoms with Crippen molar-refractivity contribution in [2.24, 2.45) is 16.6 Å². The van der Waals surface area contributed by atoms with Gasteiger partial charge in [0.2, 0.25) is 5.91 Å². The highest BCUT2D eigenvalue weighted by atomic mass is 28.3. The van der Waals surface area contributed by atoms with Gasteiger partial charge >= 0.3 is 6.09 Å². The van der Waals surface area contributed by atoms with E-state index in [1.807, 2.05) is 20.8 Å². The maximum atomic E-state index is 12.4. The molecule has 0 rings (SSSR count). The molecule has 0 aromatic rings. The smallest absolute Gasteiger partial charge is 0.404 e. The summed E-state index contributed by atoms with van der Waals surface area (Å²) in [6, 6.07) is 1.30. The number of nitrogens with one attached hydrogen (secondary N) is 1. The van der Waals surface area contributed by atoms with Crippen LogP contribution in [0.1, 0.15) is 60.3 Å². The van der Waals surface area contributed by atoms with Gasteiger partial charge in [-0.3, -0.25) is 4.79 Å². The molecule has 0 radical (unpaired) electrons. The van der Waals surface area contributed by atoms with Gasteiger partial charge in [-0.1, -0.05) is 66.7 Å². The van der Waals surface area contributed by atoms with Crippen LogP contribution in [0.15, 0.2) is 0 Å². The van der Waals surface area contributed by atoms with Gasteiger partial charge in [0.15, 0.2) is 0 Å². The van der Waals surface area contributed by atoms with Gasteiger partial charge in [-0.25, -0.2) is 4.79 Å². The van der Waals surface area contributed by atoms with Gasteiger partial charge in [0.25, 0.3) is 0 Å². The predicted molar refractivity (Wildman–Crippen MR) is 107 cm³/mol. The molecule has 0 bridgehead atoms. The first-order chi connectivity index (χ1) is 11.1. The number of amides is 2. The first kappa shape index (κ1) is 24.0. The molecule has 0 aromatic heterocycles. The van der Waals surface area contributed by atoms with Crippen LogP contribution in [0.25, 0.3) is 0 Å². The number of ether oxygens (including phenoxy) is 1. The summed E-state index contributed by atoms with van der Waals surface area (Å²) in [7, 11) is -1.02. The Morgan fingerprint density at radius 1 is 1.12 bits per heavy atom. The Hall–Kier alpha value is -1.04. The van der Waals surface area contributed by atoms with E-state index in [1.54, 1.807) is 0 Å². The molecule has 3 N–H and O–H groups in total. The minimum atomic E-state index is -1.02. The van der Waals surface area contributed by atoms with E-state index < -0.39 is 19.6 Å². The van der Waals surface area contributed by atoms with E-state index in [1.165, 1.54) is 12.5 Å². The summed E-state index contributed by atoms with van der Waals surface area (Å²) in [5.74, 6) is 0.0227. The van der Waals surface area contributed by atoms with Crippen LogP contribution in [0.4, 0.5) is 4.79 Å². The van der Waals surface area contributed by atoms with Crippen LogP contribution >= 0.6 is 0 Å². The lowest BCUT2D eigenvalue weighted by Crippen LogP contribution is -2.44. The average molecular weight is 373 g/mol. The fourth-order valence-corrected chi connectivity index (χ4v) is 4.03. The number of rotatable bonds is 10. The number of hydrogen-bond donors (Lipinski definition) is 2. The zero-order chi connectivity index (χ0) is 19.9. The molecular formula is C19H40N2O3Si. The normalized spacial score (nSPS) is 14.1. The Kier molecular flexibility index (Phi) is 9.20.